The molecule has 0 saturated heterocycles. The second kappa shape index (κ2) is 14.9. The van der Waals surface area contributed by atoms with Crippen LogP contribution in [-0.2, 0) is 30.4 Å². The Morgan fingerprint density at radius 3 is 2.15 bits per heavy atom. The average molecular weight is 545 g/mol. The van der Waals surface area contributed by atoms with Gasteiger partial charge in [-0.3, -0.25) is 4.79 Å². The van der Waals surface area contributed by atoms with Gasteiger partial charge in [0.05, 0.1) is 0 Å². The van der Waals surface area contributed by atoms with Gasteiger partial charge in [0.2, 0.25) is 0 Å². The lowest BCUT2D eigenvalue weighted by molar-refractivity contribution is -0.153. The van der Waals surface area contributed by atoms with E-state index in [1.165, 1.54) is 0 Å². The molecule has 40 heavy (non-hydrogen) atoms. The highest BCUT2D eigenvalue weighted by molar-refractivity contribution is 5.82. The molecule has 0 aliphatic heterocycles. The summed E-state index contributed by atoms with van der Waals surface area (Å²) in [5.41, 5.74) is 5.18. The highest BCUT2D eigenvalue weighted by Crippen LogP contribution is 2.44. The lowest BCUT2D eigenvalue weighted by Gasteiger charge is -2.19. The molecule has 1 amide bonds. The maximum Gasteiger partial charge on any atom is 0.407 e. The molecule has 0 unspecified atom stereocenters. The summed E-state index contributed by atoms with van der Waals surface area (Å²) in [4.78, 5) is 38.1. The summed E-state index contributed by atoms with van der Waals surface area (Å²) in [6.45, 7) is 0.177. The van der Waals surface area contributed by atoms with Crippen LogP contribution in [0.1, 0.15) is 69.4 Å². The van der Waals surface area contributed by atoms with E-state index in [0.717, 1.165) is 53.5 Å². The molecule has 4 rings (SSSR count). The number of carbonyl (C=O) groups excluding carboxylic acids is 3. The molecule has 0 saturated carbocycles. The summed E-state index contributed by atoms with van der Waals surface area (Å²) in [6, 6.07) is 24.0. The fourth-order valence-electron chi connectivity index (χ4n) is 4.83. The van der Waals surface area contributed by atoms with Crippen molar-refractivity contribution in [1.82, 2.24) is 5.32 Å². The van der Waals surface area contributed by atoms with Gasteiger partial charge in [-0.25, -0.2) is 9.59 Å². The van der Waals surface area contributed by atoms with Crippen molar-refractivity contribution in [2.45, 2.75) is 64.0 Å². The molecule has 1 aliphatic rings. The maximum absolute atomic E-state index is 12.9. The standard InChI is InChI=1S/C33H37NO6/c1-2-3-4-5-9-20-31(35)38-23-30(32(36)39-21-24-14-7-6-8-15-24)34-33(37)40-22-29-27-18-12-10-16-25(27)26-17-11-13-19-28(26)29/h6-8,10-19,29-30H,2-5,9,20-23H2,1H3,(H,34,37)/t30-/m0/s1/i1D. The van der Waals surface area contributed by atoms with Crippen molar-refractivity contribution in [2.75, 3.05) is 13.2 Å². The third kappa shape index (κ3) is 7.94. The van der Waals surface area contributed by atoms with Crippen molar-refractivity contribution < 1.29 is 30.0 Å². The van der Waals surface area contributed by atoms with E-state index in [0.29, 0.717) is 13.3 Å². The number of amides is 1. The van der Waals surface area contributed by atoms with Crippen molar-refractivity contribution in [3.63, 3.8) is 0 Å². The Morgan fingerprint density at radius 2 is 1.45 bits per heavy atom. The van der Waals surface area contributed by atoms with Crippen LogP contribution in [0, 0.1) is 0 Å². The van der Waals surface area contributed by atoms with Crippen LogP contribution in [-0.4, -0.2) is 37.3 Å². The fraction of sp³-hybridized carbons (Fsp3) is 0.364. The van der Waals surface area contributed by atoms with Crippen LogP contribution in [0.2, 0.25) is 0 Å². The van der Waals surface area contributed by atoms with E-state index < -0.39 is 24.1 Å². The van der Waals surface area contributed by atoms with E-state index in [1.807, 2.05) is 66.7 Å². The van der Waals surface area contributed by atoms with Gasteiger partial charge < -0.3 is 19.5 Å². The first-order valence-corrected chi connectivity index (χ1v) is 13.8. The fourth-order valence-corrected chi connectivity index (χ4v) is 4.83. The topological polar surface area (TPSA) is 90.9 Å². The van der Waals surface area contributed by atoms with Crippen LogP contribution < -0.4 is 5.32 Å². The predicted molar refractivity (Wildman–Crippen MR) is 153 cm³/mol. The zero-order valence-electron chi connectivity index (χ0n) is 23.7. The summed E-state index contributed by atoms with van der Waals surface area (Å²) >= 11 is 0. The molecule has 1 N–H and O–H groups in total. The number of esters is 2. The van der Waals surface area contributed by atoms with Gasteiger partial charge in [-0.1, -0.05) is 111 Å². The maximum atomic E-state index is 12.9. The zero-order chi connectivity index (χ0) is 28.9. The minimum Gasteiger partial charge on any atom is -0.463 e. The van der Waals surface area contributed by atoms with Gasteiger partial charge in [0, 0.05) is 13.7 Å². The summed E-state index contributed by atoms with van der Waals surface area (Å²) in [7, 11) is 0. The Bertz CT molecular complexity index is 1250. The molecule has 0 aromatic heterocycles. The molecular weight excluding hydrogens is 506 g/mol. The molecule has 1 aliphatic carbocycles. The lowest BCUT2D eigenvalue weighted by Crippen LogP contribution is -2.45. The van der Waals surface area contributed by atoms with Gasteiger partial charge in [-0.05, 0) is 34.2 Å². The molecular formula is C33H37NO6. The summed E-state index contributed by atoms with van der Waals surface area (Å²) < 4.78 is 23.5. The number of fused-ring (bicyclic) bond motifs is 3. The molecule has 7 heteroatoms. The number of benzene rings is 3. The van der Waals surface area contributed by atoms with Crippen LogP contribution in [0.25, 0.3) is 11.1 Å². The first kappa shape index (κ1) is 27.4. The van der Waals surface area contributed by atoms with Crippen LogP contribution in [0.15, 0.2) is 78.9 Å². The monoisotopic (exact) mass is 544 g/mol. The Kier molecular flexibility index (Phi) is 10.2. The van der Waals surface area contributed by atoms with Crippen molar-refractivity contribution in [1.29, 1.82) is 0 Å². The van der Waals surface area contributed by atoms with Gasteiger partial charge >= 0.3 is 18.0 Å². The van der Waals surface area contributed by atoms with Crippen molar-refractivity contribution in [3.8, 4) is 11.1 Å². The number of hydrogen-bond acceptors (Lipinski definition) is 6. The Labute approximate surface area is 237 Å². The summed E-state index contributed by atoms with van der Waals surface area (Å²) in [6.07, 6.45) is 3.76. The minimum atomic E-state index is -1.21. The number of rotatable bonds is 14. The minimum absolute atomic E-state index is 0.0226. The number of nitrogens with one attached hydrogen (secondary N) is 1. The number of alkyl carbamates (subject to hydrolysis) is 1. The van der Waals surface area contributed by atoms with E-state index in [1.54, 1.807) is 0 Å². The third-order valence-corrected chi connectivity index (χ3v) is 6.94. The van der Waals surface area contributed by atoms with Crippen molar-refractivity contribution in [2.24, 2.45) is 0 Å². The molecule has 1 atom stereocenters. The third-order valence-electron chi connectivity index (χ3n) is 6.94. The molecule has 0 radical (unpaired) electrons. The zero-order valence-corrected chi connectivity index (χ0v) is 22.7. The number of hydrogen-bond donors (Lipinski definition) is 1. The quantitative estimate of drug-likeness (QED) is 0.141. The number of unbranched alkanes of at least 4 members (excludes halogenated alkanes) is 4. The highest BCUT2D eigenvalue weighted by atomic mass is 16.6. The highest BCUT2D eigenvalue weighted by Gasteiger charge is 2.30. The summed E-state index contributed by atoms with van der Waals surface area (Å²) in [5.74, 6) is -1.29. The van der Waals surface area contributed by atoms with Crippen molar-refractivity contribution in [3.05, 3.63) is 95.6 Å². The molecule has 0 heterocycles. The van der Waals surface area contributed by atoms with E-state index in [4.69, 9.17) is 15.6 Å². The van der Waals surface area contributed by atoms with E-state index >= 15 is 0 Å². The largest absolute Gasteiger partial charge is 0.463 e. The summed E-state index contributed by atoms with van der Waals surface area (Å²) in [5, 5.41) is 2.54. The molecule has 210 valence electrons. The van der Waals surface area contributed by atoms with Crippen LogP contribution in [0.4, 0.5) is 4.79 Å². The van der Waals surface area contributed by atoms with Gasteiger partial charge in [-0.2, -0.15) is 0 Å². The molecule has 0 bridgehead atoms. The van der Waals surface area contributed by atoms with Crippen LogP contribution in [0.3, 0.4) is 0 Å². The molecule has 7 nitrogen and oxygen atoms in total. The lowest BCUT2D eigenvalue weighted by atomic mass is 9.98. The van der Waals surface area contributed by atoms with Gasteiger partial charge in [0.15, 0.2) is 6.04 Å². The van der Waals surface area contributed by atoms with Crippen molar-refractivity contribution >= 4 is 18.0 Å². The normalized spacial score (nSPS) is 12.9. The molecule has 0 fully saturated rings. The Balaban J connectivity index is 1.32. The van der Waals surface area contributed by atoms with Gasteiger partial charge in [0.1, 0.15) is 19.8 Å². The number of ether oxygens (including phenoxy) is 3. The van der Waals surface area contributed by atoms with E-state index in [-0.39, 0.29) is 32.2 Å². The smallest absolute Gasteiger partial charge is 0.407 e. The first-order chi connectivity index (χ1) is 20.1. The molecule has 3 aromatic carbocycles. The molecule has 0 spiro atoms. The van der Waals surface area contributed by atoms with Crippen LogP contribution in [0.5, 0.6) is 0 Å². The Morgan fingerprint density at radius 1 is 0.800 bits per heavy atom. The van der Waals surface area contributed by atoms with E-state index in [9.17, 15) is 14.4 Å². The number of carbonyl (C=O) groups is 3. The first-order valence-electron chi connectivity index (χ1n) is 14.5. The van der Waals surface area contributed by atoms with Gasteiger partial charge in [-0.15, -0.1) is 0 Å². The predicted octanol–water partition coefficient (Wildman–Crippen LogP) is 6.54. The Hall–Kier alpha value is -4.13. The second-order valence-corrected chi connectivity index (χ2v) is 9.82. The van der Waals surface area contributed by atoms with Crippen LogP contribution >= 0.6 is 0 Å². The van der Waals surface area contributed by atoms with Gasteiger partial charge in [0.25, 0.3) is 0 Å². The average Bonchev–Trinajstić information content (AvgIpc) is 3.32. The second-order valence-electron chi connectivity index (χ2n) is 9.82. The SMILES string of the molecule is [2H]CCCCCCCC(=O)OC[C@H](NC(=O)OCC1c2ccccc2-c2ccccc21)C(=O)OCc1ccccc1. The molecule has 3 aromatic rings. The van der Waals surface area contributed by atoms with E-state index in [2.05, 4.69) is 17.4 Å².